The van der Waals surface area contributed by atoms with Crippen LogP contribution in [0.2, 0.25) is 0 Å². The maximum absolute atomic E-state index is 12.8. The zero-order chi connectivity index (χ0) is 18.5. The number of ether oxygens (including phenoxy) is 1. The number of hydrazine groups is 1. The Kier molecular flexibility index (Phi) is 5.62. The predicted molar refractivity (Wildman–Crippen MR) is 103 cm³/mol. The molecule has 7 heteroatoms. The molecule has 3 N–H and O–H groups in total. The van der Waals surface area contributed by atoms with Crippen LogP contribution in [0.15, 0.2) is 48.7 Å². The van der Waals surface area contributed by atoms with Crippen LogP contribution in [-0.4, -0.2) is 43.7 Å². The monoisotopic (exact) mass is 367 g/mol. The number of pyridine rings is 1. The van der Waals surface area contributed by atoms with Gasteiger partial charge in [0.15, 0.2) is 0 Å². The number of nitrogens with one attached hydrogen (secondary N) is 3. The summed E-state index contributed by atoms with van der Waals surface area (Å²) in [6.45, 7) is 4.14. The minimum Gasteiger partial charge on any atom is -0.378 e. The van der Waals surface area contributed by atoms with E-state index in [9.17, 15) is 4.79 Å². The normalized spacial score (nSPS) is 22.6. The van der Waals surface area contributed by atoms with E-state index in [-0.39, 0.29) is 17.9 Å². The SMILES string of the molecule is O=C(NCc1cccnc1N1CCOCC1)C1CNNC1c1ccccc1. The highest BCUT2D eigenvalue weighted by Gasteiger charge is 2.33. The largest absolute Gasteiger partial charge is 0.378 e. The average molecular weight is 367 g/mol. The summed E-state index contributed by atoms with van der Waals surface area (Å²) in [6, 6.07) is 14.0. The molecule has 0 aliphatic carbocycles. The summed E-state index contributed by atoms with van der Waals surface area (Å²) in [6.07, 6.45) is 1.80. The van der Waals surface area contributed by atoms with Crippen molar-refractivity contribution in [2.45, 2.75) is 12.6 Å². The van der Waals surface area contributed by atoms with E-state index < -0.39 is 0 Å². The predicted octanol–water partition coefficient (Wildman–Crippen LogP) is 1.000. The van der Waals surface area contributed by atoms with Gasteiger partial charge in [-0.1, -0.05) is 36.4 Å². The van der Waals surface area contributed by atoms with Crippen molar-refractivity contribution in [3.05, 3.63) is 59.8 Å². The van der Waals surface area contributed by atoms with E-state index in [1.807, 2.05) is 42.5 Å². The van der Waals surface area contributed by atoms with Gasteiger partial charge in [-0.2, -0.15) is 0 Å². The van der Waals surface area contributed by atoms with Crippen LogP contribution in [0.3, 0.4) is 0 Å². The van der Waals surface area contributed by atoms with Crippen molar-refractivity contribution in [1.29, 1.82) is 0 Å². The molecule has 27 heavy (non-hydrogen) atoms. The highest BCUT2D eigenvalue weighted by atomic mass is 16.5. The number of hydrogen-bond donors (Lipinski definition) is 3. The van der Waals surface area contributed by atoms with Crippen molar-refractivity contribution in [3.8, 4) is 0 Å². The van der Waals surface area contributed by atoms with Crippen molar-refractivity contribution in [1.82, 2.24) is 21.2 Å². The lowest BCUT2D eigenvalue weighted by Gasteiger charge is -2.29. The zero-order valence-electron chi connectivity index (χ0n) is 15.2. The molecule has 3 heterocycles. The van der Waals surface area contributed by atoms with Crippen LogP contribution in [-0.2, 0) is 16.1 Å². The van der Waals surface area contributed by atoms with Gasteiger partial charge in [0.05, 0.1) is 25.2 Å². The fourth-order valence-electron chi connectivity index (χ4n) is 3.66. The Morgan fingerprint density at radius 1 is 1.19 bits per heavy atom. The number of carbonyl (C=O) groups excluding carboxylic acids is 1. The number of rotatable bonds is 5. The third-order valence-corrected chi connectivity index (χ3v) is 5.11. The number of hydrogen-bond acceptors (Lipinski definition) is 6. The summed E-state index contributed by atoms with van der Waals surface area (Å²) in [5.41, 5.74) is 8.48. The van der Waals surface area contributed by atoms with Gasteiger partial charge in [0.25, 0.3) is 0 Å². The number of aromatic nitrogens is 1. The van der Waals surface area contributed by atoms with Crippen LogP contribution >= 0.6 is 0 Å². The molecule has 0 radical (unpaired) electrons. The number of anilines is 1. The molecule has 2 unspecified atom stereocenters. The third kappa shape index (κ3) is 4.10. The number of amides is 1. The standard InChI is InChI=1S/C20H25N5O2/c26-20(17-14-23-24-18(17)15-5-2-1-3-6-15)22-13-16-7-4-8-21-19(16)25-9-11-27-12-10-25/h1-8,17-18,23-24H,9-14H2,(H,22,26). The highest BCUT2D eigenvalue weighted by molar-refractivity contribution is 5.80. The van der Waals surface area contributed by atoms with Crippen LogP contribution in [0.1, 0.15) is 17.2 Å². The number of morpholine rings is 1. The maximum Gasteiger partial charge on any atom is 0.226 e. The lowest BCUT2D eigenvalue weighted by atomic mass is 9.94. The van der Waals surface area contributed by atoms with E-state index in [2.05, 4.69) is 26.1 Å². The second-order valence-electron chi connectivity index (χ2n) is 6.82. The van der Waals surface area contributed by atoms with Gasteiger partial charge in [0.1, 0.15) is 5.82 Å². The molecule has 2 aliphatic rings. The molecule has 2 aliphatic heterocycles. The fraction of sp³-hybridized carbons (Fsp3) is 0.400. The minimum absolute atomic E-state index is 0.0289. The topological polar surface area (TPSA) is 78.5 Å². The molecule has 1 amide bonds. The summed E-state index contributed by atoms with van der Waals surface area (Å²) < 4.78 is 5.43. The first kappa shape index (κ1) is 17.9. The van der Waals surface area contributed by atoms with E-state index in [0.29, 0.717) is 26.3 Å². The molecular weight excluding hydrogens is 342 g/mol. The molecule has 0 bridgehead atoms. The molecular formula is C20H25N5O2. The van der Waals surface area contributed by atoms with Crippen molar-refractivity contribution in [2.75, 3.05) is 37.7 Å². The summed E-state index contributed by atoms with van der Waals surface area (Å²) in [7, 11) is 0. The Morgan fingerprint density at radius 2 is 2.00 bits per heavy atom. The maximum atomic E-state index is 12.8. The smallest absolute Gasteiger partial charge is 0.226 e. The first-order valence-electron chi connectivity index (χ1n) is 9.40. The zero-order valence-corrected chi connectivity index (χ0v) is 15.2. The average Bonchev–Trinajstić information content (AvgIpc) is 3.24. The van der Waals surface area contributed by atoms with Gasteiger partial charge in [0.2, 0.25) is 5.91 Å². The Bertz CT molecular complexity index is 764. The second kappa shape index (κ2) is 8.47. The molecule has 0 spiro atoms. The van der Waals surface area contributed by atoms with Crippen LogP contribution in [0.25, 0.3) is 0 Å². The fourth-order valence-corrected chi connectivity index (χ4v) is 3.66. The lowest BCUT2D eigenvalue weighted by Crippen LogP contribution is -2.38. The van der Waals surface area contributed by atoms with E-state index in [0.717, 1.165) is 30.0 Å². The van der Waals surface area contributed by atoms with Gasteiger partial charge >= 0.3 is 0 Å². The Labute approximate surface area is 159 Å². The number of benzene rings is 1. The Morgan fingerprint density at radius 3 is 2.81 bits per heavy atom. The summed E-state index contributed by atoms with van der Waals surface area (Å²) in [5, 5.41) is 3.10. The molecule has 2 fully saturated rings. The molecule has 0 saturated carbocycles. The molecule has 1 aromatic carbocycles. The first-order valence-corrected chi connectivity index (χ1v) is 9.40. The molecule has 4 rings (SSSR count). The minimum atomic E-state index is -0.157. The van der Waals surface area contributed by atoms with Crippen molar-refractivity contribution in [2.24, 2.45) is 5.92 Å². The molecule has 2 atom stereocenters. The van der Waals surface area contributed by atoms with Crippen LogP contribution in [0.4, 0.5) is 5.82 Å². The van der Waals surface area contributed by atoms with Crippen LogP contribution in [0, 0.1) is 5.92 Å². The molecule has 1 aromatic heterocycles. The van der Waals surface area contributed by atoms with Gasteiger partial charge in [-0.3, -0.25) is 10.2 Å². The van der Waals surface area contributed by atoms with Gasteiger partial charge in [-0.05, 0) is 11.6 Å². The van der Waals surface area contributed by atoms with Crippen LogP contribution in [0.5, 0.6) is 0 Å². The van der Waals surface area contributed by atoms with Gasteiger partial charge in [-0.25, -0.2) is 10.4 Å². The van der Waals surface area contributed by atoms with E-state index >= 15 is 0 Å². The van der Waals surface area contributed by atoms with Crippen LogP contribution < -0.4 is 21.1 Å². The van der Waals surface area contributed by atoms with Gasteiger partial charge in [-0.15, -0.1) is 0 Å². The van der Waals surface area contributed by atoms with E-state index in [1.54, 1.807) is 6.20 Å². The van der Waals surface area contributed by atoms with Crippen molar-refractivity contribution in [3.63, 3.8) is 0 Å². The lowest BCUT2D eigenvalue weighted by molar-refractivity contribution is -0.125. The molecule has 2 aromatic rings. The van der Waals surface area contributed by atoms with E-state index in [1.165, 1.54) is 0 Å². The third-order valence-electron chi connectivity index (χ3n) is 5.11. The highest BCUT2D eigenvalue weighted by Crippen LogP contribution is 2.25. The van der Waals surface area contributed by atoms with Crippen molar-refractivity contribution < 1.29 is 9.53 Å². The quantitative estimate of drug-likeness (QED) is 0.732. The summed E-state index contributed by atoms with van der Waals surface area (Å²) in [5.74, 6) is 0.817. The second-order valence-corrected chi connectivity index (χ2v) is 6.82. The summed E-state index contributed by atoms with van der Waals surface area (Å²) >= 11 is 0. The molecule has 7 nitrogen and oxygen atoms in total. The Hall–Kier alpha value is -2.48. The molecule has 2 saturated heterocycles. The summed E-state index contributed by atoms with van der Waals surface area (Å²) in [4.78, 5) is 19.6. The van der Waals surface area contributed by atoms with Gasteiger partial charge in [0, 0.05) is 37.9 Å². The van der Waals surface area contributed by atoms with Crippen molar-refractivity contribution >= 4 is 11.7 Å². The molecule has 142 valence electrons. The Balaban J connectivity index is 1.42. The first-order chi connectivity index (χ1) is 13.3. The number of nitrogens with zero attached hydrogens (tertiary/aromatic N) is 2. The van der Waals surface area contributed by atoms with Gasteiger partial charge < -0.3 is 15.0 Å². The van der Waals surface area contributed by atoms with E-state index in [4.69, 9.17) is 4.74 Å². The number of carbonyl (C=O) groups is 1.